The molecule has 238 valence electrons. The van der Waals surface area contributed by atoms with Crippen molar-refractivity contribution in [3.63, 3.8) is 0 Å². The number of nitrogens with one attached hydrogen (secondary N) is 1. The van der Waals surface area contributed by atoms with Crippen LogP contribution in [0.5, 0.6) is 0 Å². The van der Waals surface area contributed by atoms with Crippen LogP contribution in [0.2, 0.25) is 5.02 Å². The smallest absolute Gasteiger partial charge is 0.336 e. The zero-order valence-corrected chi connectivity index (χ0v) is 27.1. The minimum Gasteiger partial charge on any atom is -0.478 e. The van der Waals surface area contributed by atoms with Crippen LogP contribution in [-0.2, 0) is 6.42 Å². The molecule has 2 amide bonds. The maximum Gasteiger partial charge on any atom is 0.336 e. The third-order valence-electron chi connectivity index (χ3n) is 8.14. The summed E-state index contributed by atoms with van der Waals surface area (Å²) in [6.45, 7) is 5.12. The summed E-state index contributed by atoms with van der Waals surface area (Å²) < 4.78 is 0. The van der Waals surface area contributed by atoms with Gasteiger partial charge in [0.25, 0.3) is 11.8 Å². The predicted molar refractivity (Wildman–Crippen MR) is 188 cm³/mol. The van der Waals surface area contributed by atoms with Crippen LogP contribution < -0.4 is 5.32 Å². The Morgan fingerprint density at radius 1 is 0.830 bits per heavy atom. The van der Waals surface area contributed by atoms with Crippen LogP contribution in [0.25, 0.3) is 23.1 Å². The van der Waals surface area contributed by atoms with E-state index in [0.29, 0.717) is 36.5 Å². The van der Waals surface area contributed by atoms with Crippen LogP contribution in [0.15, 0.2) is 103 Å². The zero-order valence-electron chi connectivity index (χ0n) is 26.3. The summed E-state index contributed by atoms with van der Waals surface area (Å²) in [5.74, 6) is -1.69. The summed E-state index contributed by atoms with van der Waals surface area (Å²) in [6, 6.07) is 30.6. The van der Waals surface area contributed by atoms with Crippen molar-refractivity contribution < 1.29 is 19.5 Å². The summed E-state index contributed by atoms with van der Waals surface area (Å²) in [4.78, 5) is 45.3. The van der Waals surface area contributed by atoms with Gasteiger partial charge in [0, 0.05) is 29.1 Å². The Morgan fingerprint density at radius 3 is 2.28 bits per heavy atom. The number of carboxylic acids is 1. The highest BCUT2D eigenvalue weighted by molar-refractivity contribution is 6.31. The number of aromatic nitrogens is 1. The average molecular weight is 646 g/mol. The van der Waals surface area contributed by atoms with E-state index in [0.717, 1.165) is 33.3 Å². The van der Waals surface area contributed by atoms with Crippen LogP contribution >= 0.6 is 11.6 Å². The number of hydrogen-bond acceptors (Lipinski definition) is 4. The van der Waals surface area contributed by atoms with E-state index in [4.69, 9.17) is 16.6 Å². The van der Waals surface area contributed by atoms with Gasteiger partial charge in [-0.3, -0.25) is 9.59 Å². The molecular formula is C39H36ClN3O4. The van der Waals surface area contributed by atoms with Gasteiger partial charge in [-0.05, 0) is 91.9 Å². The Morgan fingerprint density at radius 2 is 1.53 bits per heavy atom. The molecule has 4 aromatic carbocycles. The van der Waals surface area contributed by atoms with E-state index >= 15 is 0 Å². The highest BCUT2D eigenvalue weighted by Gasteiger charge is 2.22. The van der Waals surface area contributed by atoms with Gasteiger partial charge >= 0.3 is 5.97 Å². The van der Waals surface area contributed by atoms with Crippen molar-refractivity contribution in [2.45, 2.75) is 32.7 Å². The van der Waals surface area contributed by atoms with Crippen molar-refractivity contribution in [3.05, 3.63) is 147 Å². The fourth-order valence-electron chi connectivity index (χ4n) is 5.61. The number of fused-ring (bicyclic) bond motifs is 1. The van der Waals surface area contributed by atoms with E-state index in [1.54, 1.807) is 17.0 Å². The van der Waals surface area contributed by atoms with Gasteiger partial charge in [-0.2, -0.15) is 0 Å². The molecule has 47 heavy (non-hydrogen) atoms. The molecule has 8 heteroatoms. The second-order valence-electron chi connectivity index (χ2n) is 11.1. The molecule has 2 N–H and O–H groups in total. The SMILES string of the molecule is CCN(CC)C(=O)c1ccccc1CCC(NC(=O)c1ccccc1C(=O)O)c1cccc(C=Cc2ccc3ccc(Cl)cc3n2)c1. The Kier molecular flexibility index (Phi) is 10.8. The summed E-state index contributed by atoms with van der Waals surface area (Å²) in [6.07, 6.45) is 4.87. The number of aromatic carboxylic acids is 1. The fourth-order valence-corrected chi connectivity index (χ4v) is 5.78. The molecular weight excluding hydrogens is 610 g/mol. The summed E-state index contributed by atoms with van der Waals surface area (Å²) in [5.41, 5.74) is 4.86. The van der Waals surface area contributed by atoms with Gasteiger partial charge in [0.05, 0.1) is 28.4 Å². The van der Waals surface area contributed by atoms with E-state index in [-0.39, 0.29) is 17.0 Å². The van der Waals surface area contributed by atoms with Crippen LogP contribution in [0.4, 0.5) is 0 Å². The third-order valence-corrected chi connectivity index (χ3v) is 8.38. The third kappa shape index (κ3) is 8.12. The van der Waals surface area contributed by atoms with Gasteiger partial charge in [0.15, 0.2) is 0 Å². The van der Waals surface area contributed by atoms with Crippen molar-refractivity contribution in [1.29, 1.82) is 0 Å². The molecule has 0 aliphatic rings. The second-order valence-corrected chi connectivity index (χ2v) is 11.6. The summed E-state index contributed by atoms with van der Waals surface area (Å²) in [7, 11) is 0. The Bertz CT molecular complexity index is 1950. The minimum atomic E-state index is -1.17. The number of benzene rings is 4. The number of aryl methyl sites for hydroxylation is 1. The molecule has 0 aliphatic carbocycles. The zero-order chi connectivity index (χ0) is 33.3. The molecule has 0 bridgehead atoms. The second kappa shape index (κ2) is 15.3. The van der Waals surface area contributed by atoms with Crippen molar-refractivity contribution in [1.82, 2.24) is 15.2 Å². The lowest BCUT2D eigenvalue weighted by atomic mass is 9.94. The number of amides is 2. The monoisotopic (exact) mass is 645 g/mol. The van der Waals surface area contributed by atoms with Crippen LogP contribution in [0.1, 0.15) is 79.8 Å². The molecule has 1 aromatic heterocycles. The number of halogens is 1. The van der Waals surface area contributed by atoms with Crippen LogP contribution in [-0.4, -0.2) is 45.9 Å². The molecule has 0 fully saturated rings. The van der Waals surface area contributed by atoms with Crippen LogP contribution in [0, 0.1) is 0 Å². The topological polar surface area (TPSA) is 99.6 Å². The highest BCUT2D eigenvalue weighted by Crippen LogP contribution is 2.25. The number of rotatable bonds is 12. The summed E-state index contributed by atoms with van der Waals surface area (Å²) in [5, 5.41) is 14.4. The van der Waals surface area contributed by atoms with Gasteiger partial charge in [0.2, 0.25) is 0 Å². The highest BCUT2D eigenvalue weighted by atomic mass is 35.5. The van der Waals surface area contributed by atoms with Crippen molar-refractivity contribution in [2.75, 3.05) is 13.1 Å². The molecule has 0 radical (unpaired) electrons. The number of nitrogens with zero attached hydrogens (tertiary/aromatic N) is 2. The molecule has 5 aromatic rings. The van der Waals surface area contributed by atoms with Crippen LogP contribution in [0.3, 0.4) is 0 Å². The average Bonchev–Trinajstić information content (AvgIpc) is 3.09. The molecule has 0 saturated carbocycles. The minimum absolute atomic E-state index is 0.0294. The van der Waals surface area contributed by atoms with Crippen molar-refractivity contribution >= 4 is 52.4 Å². The number of carbonyl (C=O) groups excluding carboxylic acids is 2. The van der Waals surface area contributed by atoms with Crippen molar-refractivity contribution in [2.24, 2.45) is 0 Å². The number of pyridine rings is 1. The molecule has 0 aliphatic heterocycles. The number of carbonyl (C=O) groups is 3. The normalized spacial score (nSPS) is 11.8. The number of hydrogen-bond donors (Lipinski definition) is 2. The maximum atomic E-state index is 13.6. The molecule has 1 heterocycles. The summed E-state index contributed by atoms with van der Waals surface area (Å²) >= 11 is 6.17. The Hall–Kier alpha value is -5.27. The molecule has 5 rings (SSSR count). The first-order valence-electron chi connectivity index (χ1n) is 15.6. The predicted octanol–water partition coefficient (Wildman–Crippen LogP) is 8.34. The fraction of sp³-hybridized carbons (Fsp3) is 0.179. The van der Waals surface area contributed by atoms with Gasteiger partial charge in [0.1, 0.15) is 0 Å². The van der Waals surface area contributed by atoms with E-state index in [2.05, 4.69) is 5.32 Å². The first kappa shape index (κ1) is 33.1. The lowest BCUT2D eigenvalue weighted by Gasteiger charge is -2.23. The first-order valence-corrected chi connectivity index (χ1v) is 16.0. The molecule has 1 unspecified atom stereocenters. The quantitative estimate of drug-likeness (QED) is 0.142. The maximum absolute atomic E-state index is 13.6. The van der Waals surface area contributed by atoms with Crippen molar-refractivity contribution in [3.8, 4) is 0 Å². The van der Waals surface area contributed by atoms with Gasteiger partial charge in [-0.25, -0.2) is 9.78 Å². The Balaban J connectivity index is 1.45. The van der Waals surface area contributed by atoms with E-state index in [1.807, 2.05) is 105 Å². The standard InChI is InChI=1S/C39H36ClN3O4/c1-3-43(4-2)38(45)32-13-6-5-11-27(32)19-23-35(42-37(44)33-14-7-8-15-34(33)39(46)47)29-12-9-10-26(24-29)16-21-31-22-18-28-17-20-30(40)25-36(28)41-31/h5-18,20-22,24-25,35H,3-4,19,23H2,1-2H3,(H,42,44)(H,46,47). The lowest BCUT2D eigenvalue weighted by molar-refractivity contribution is 0.0689. The van der Waals surface area contributed by atoms with Gasteiger partial charge < -0.3 is 15.3 Å². The first-order chi connectivity index (χ1) is 22.8. The molecule has 1 atom stereocenters. The molecule has 7 nitrogen and oxygen atoms in total. The van der Waals surface area contributed by atoms with E-state index < -0.39 is 17.9 Å². The Labute approximate surface area is 279 Å². The number of carboxylic acid groups (broad SMARTS) is 1. The lowest BCUT2D eigenvalue weighted by Crippen LogP contribution is -2.32. The molecule has 0 saturated heterocycles. The van der Waals surface area contributed by atoms with E-state index in [1.165, 1.54) is 12.1 Å². The van der Waals surface area contributed by atoms with E-state index in [9.17, 15) is 19.5 Å². The largest absolute Gasteiger partial charge is 0.478 e. The molecule has 0 spiro atoms. The van der Waals surface area contributed by atoms with Gasteiger partial charge in [-0.1, -0.05) is 78.3 Å². The van der Waals surface area contributed by atoms with Gasteiger partial charge in [-0.15, -0.1) is 0 Å².